The molecule has 0 radical (unpaired) electrons. The van der Waals surface area contributed by atoms with Gasteiger partial charge in [-0.15, -0.1) is 0 Å². The summed E-state index contributed by atoms with van der Waals surface area (Å²) in [4.78, 5) is 11.7. The second-order valence-corrected chi connectivity index (χ2v) is 11.0. The molecule has 29 heavy (non-hydrogen) atoms. The van der Waals surface area contributed by atoms with Crippen LogP contribution in [0.4, 0.5) is 0 Å². The van der Waals surface area contributed by atoms with Crippen molar-refractivity contribution in [3.63, 3.8) is 0 Å². The maximum Gasteiger partial charge on any atom is 0.331 e. The van der Waals surface area contributed by atoms with Gasteiger partial charge in [-0.1, -0.05) is 13.8 Å². The van der Waals surface area contributed by atoms with Crippen LogP contribution in [0.25, 0.3) is 0 Å². The molecule has 0 aromatic heterocycles. The fraction of sp³-hybridized carbons (Fsp3) is 0.870. The number of carbonyl (C=O) groups excluding carboxylic acids is 1. The average Bonchev–Trinajstić information content (AvgIpc) is 3.15. The van der Waals surface area contributed by atoms with Gasteiger partial charge in [0.1, 0.15) is 6.61 Å². The largest absolute Gasteiger partial charge is 0.458 e. The van der Waals surface area contributed by atoms with Crippen molar-refractivity contribution in [1.29, 1.82) is 0 Å². The van der Waals surface area contributed by atoms with Crippen molar-refractivity contribution in [2.45, 2.75) is 82.7 Å². The summed E-state index contributed by atoms with van der Waals surface area (Å²) in [6.07, 6.45) is 4.76. The van der Waals surface area contributed by atoms with E-state index in [0.717, 1.165) is 32.1 Å². The molecule has 5 aliphatic rings. The minimum atomic E-state index is -1.18. The summed E-state index contributed by atoms with van der Waals surface area (Å²) in [5.74, 6) is -0.302. The van der Waals surface area contributed by atoms with Crippen molar-refractivity contribution in [2.75, 3.05) is 6.61 Å². The SMILES string of the molecule is CC12CCC(O)CC1CCC1C2CC(O)C2(C)C(C3=CC(=O)OC3)C(O)CC12O. The predicted molar refractivity (Wildman–Crippen MR) is 105 cm³/mol. The number of esters is 1. The van der Waals surface area contributed by atoms with Crippen LogP contribution in [0, 0.1) is 34.5 Å². The van der Waals surface area contributed by atoms with E-state index < -0.39 is 35.1 Å². The van der Waals surface area contributed by atoms with Gasteiger partial charge in [0.05, 0.1) is 23.9 Å². The van der Waals surface area contributed by atoms with Gasteiger partial charge in [0.15, 0.2) is 0 Å². The molecule has 0 bridgehead atoms. The van der Waals surface area contributed by atoms with Crippen molar-refractivity contribution < 1.29 is 30.0 Å². The number of hydrogen-bond acceptors (Lipinski definition) is 6. The number of rotatable bonds is 1. The molecule has 162 valence electrons. The quantitative estimate of drug-likeness (QED) is 0.492. The second kappa shape index (κ2) is 6.28. The molecule has 4 fully saturated rings. The van der Waals surface area contributed by atoms with E-state index in [2.05, 4.69) is 6.92 Å². The summed E-state index contributed by atoms with van der Waals surface area (Å²) in [6.45, 7) is 4.32. The molecule has 4 saturated carbocycles. The van der Waals surface area contributed by atoms with E-state index in [1.165, 1.54) is 6.08 Å². The van der Waals surface area contributed by atoms with Gasteiger partial charge < -0.3 is 25.2 Å². The highest BCUT2D eigenvalue weighted by molar-refractivity contribution is 5.85. The third-order valence-corrected chi connectivity index (χ3v) is 10.0. The minimum absolute atomic E-state index is 0.00503. The first kappa shape index (κ1) is 20.0. The first-order valence-electron chi connectivity index (χ1n) is 11.2. The van der Waals surface area contributed by atoms with E-state index in [1.807, 2.05) is 6.92 Å². The van der Waals surface area contributed by atoms with E-state index in [-0.39, 0.29) is 36.4 Å². The van der Waals surface area contributed by atoms with Crippen LogP contribution in [-0.4, -0.2) is 56.9 Å². The molecule has 10 atom stereocenters. The number of cyclic esters (lactones) is 1. The van der Waals surface area contributed by atoms with E-state index in [9.17, 15) is 25.2 Å². The zero-order valence-electron chi connectivity index (χ0n) is 17.4. The van der Waals surface area contributed by atoms with Gasteiger partial charge in [0, 0.05) is 23.8 Å². The number of carbonyl (C=O) groups is 1. The normalized spacial score (nSPS) is 56.8. The predicted octanol–water partition coefficient (Wildman–Crippen LogP) is 1.55. The summed E-state index contributed by atoms with van der Waals surface area (Å²) < 4.78 is 5.09. The van der Waals surface area contributed by atoms with Crippen molar-refractivity contribution in [3.8, 4) is 0 Å². The van der Waals surface area contributed by atoms with Crippen LogP contribution in [0.1, 0.15) is 58.8 Å². The van der Waals surface area contributed by atoms with E-state index in [1.54, 1.807) is 0 Å². The highest BCUT2D eigenvalue weighted by atomic mass is 16.5. The van der Waals surface area contributed by atoms with Crippen LogP contribution in [0.3, 0.4) is 0 Å². The van der Waals surface area contributed by atoms with E-state index in [4.69, 9.17) is 4.74 Å². The highest BCUT2D eigenvalue weighted by Crippen LogP contribution is 2.69. The van der Waals surface area contributed by atoms with E-state index >= 15 is 0 Å². The average molecular weight is 407 g/mol. The molecular weight excluding hydrogens is 372 g/mol. The van der Waals surface area contributed by atoms with Crippen molar-refractivity contribution in [1.82, 2.24) is 0 Å². The molecule has 4 N–H and O–H groups in total. The Morgan fingerprint density at radius 1 is 1.07 bits per heavy atom. The maximum atomic E-state index is 12.1. The van der Waals surface area contributed by atoms with Gasteiger partial charge >= 0.3 is 5.97 Å². The molecule has 4 aliphatic carbocycles. The highest BCUT2D eigenvalue weighted by Gasteiger charge is 2.73. The molecular formula is C23H34O6. The zero-order valence-corrected chi connectivity index (χ0v) is 17.4. The Labute approximate surface area is 172 Å². The summed E-state index contributed by atoms with van der Waals surface area (Å²) in [6, 6.07) is 0. The summed E-state index contributed by atoms with van der Waals surface area (Å²) in [7, 11) is 0. The Bertz CT molecular complexity index is 750. The van der Waals surface area contributed by atoms with Crippen LogP contribution in [0.5, 0.6) is 0 Å². The maximum absolute atomic E-state index is 12.1. The van der Waals surface area contributed by atoms with Crippen molar-refractivity contribution in [3.05, 3.63) is 11.6 Å². The van der Waals surface area contributed by atoms with Crippen molar-refractivity contribution >= 4 is 5.97 Å². The summed E-state index contributed by atoms with van der Waals surface area (Å²) in [5.41, 5.74) is -1.41. The number of ether oxygens (including phenoxy) is 1. The molecule has 1 heterocycles. The van der Waals surface area contributed by atoms with Crippen LogP contribution in [-0.2, 0) is 9.53 Å². The Morgan fingerprint density at radius 2 is 1.83 bits per heavy atom. The van der Waals surface area contributed by atoms with Gasteiger partial charge in [0.2, 0.25) is 0 Å². The molecule has 1 aliphatic heterocycles. The van der Waals surface area contributed by atoms with Crippen LogP contribution >= 0.6 is 0 Å². The van der Waals surface area contributed by atoms with Crippen LogP contribution < -0.4 is 0 Å². The van der Waals surface area contributed by atoms with E-state index in [0.29, 0.717) is 17.9 Å². The number of aliphatic hydroxyl groups excluding tert-OH is 3. The topological polar surface area (TPSA) is 107 Å². The Kier molecular flexibility index (Phi) is 4.33. The lowest BCUT2D eigenvalue weighted by Gasteiger charge is -2.64. The zero-order chi connectivity index (χ0) is 20.8. The van der Waals surface area contributed by atoms with Gasteiger partial charge in [0.25, 0.3) is 0 Å². The lowest BCUT2D eigenvalue weighted by Crippen LogP contribution is -2.67. The molecule has 0 aromatic carbocycles. The van der Waals surface area contributed by atoms with Crippen LogP contribution in [0.2, 0.25) is 0 Å². The first-order chi connectivity index (χ1) is 13.6. The Hall–Kier alpha value is -0.950. The fourth-order valence-corrected chi connectivity index (χ4v) is 8.44. The lowest BCUT2D eigenvalue weighted by atomic mass is 9.42. The van der Waals surface area contributed by atoms with Gasteiger partial charge in [-0.3, -0.25) is 0 Å². The standard InChI is InChI=1S/C23H34O6/c1-21-6-5-14(24)8-13(21)3-4-15-16(21)9-18(26)22(2)20(12-7-19(27)29-11-12)17(25)10-23(15,22)28/h7,13-18,20,24-26,28H,3-6,8-11H2,1-2H3. The molecule has 10 unspecified atom stereocenters. The number of aliphatic hydroxyl groups is 4. The Balaban J connectivity index is 1.54. The monoisotopic (exact) mass is 406 g/mol. The number of fused-ring (bicyclic) bond motifs is 5. The summed E-state index contributed by atoms with van der Waals surface area (Å²) >= 11 is 0. The molecule has 0 saturated heterocycles. The first-order valence-corrected chi connectivity index (χ1v) is 11.2. The second-order valence-electron chi connectivity index (χ2n) is 11.0. The lowest BCUT2D eigenvalue weighted by molar-refractivity contribution is -0.245. The molecule has 6 heteroatoms. The smallest absolute Gasteiger partial charge is 0.331 e. The third kappa shape index (κ3) is 2.46. The number of hydrogen-bond donors (Lipinski definition) is 4. The Morgan fingerprint density at radius 3 is 2.52 bits per heavy atom. The molecule has 0 spiro atoms. The minimum Gasteiger partial charge on any atom is -0.458 e. The fourth-order valence-electron chi connectivity index (χ4n) is 8.44. The van der Waals surface area contributed by atoms with Gasteiger partial charge in [-0.25, -0.2) is 4.79 Å². The molecule has 6 nitrogen and oxygen atoms in total. The molecule has 0 aromatic rings. The van der Waals surface area contributed by atoms with Gasteiger partial charge in [-0.2, -0.15) is 0 Å². The molecule has 0 amide bonds. The summed E-state index contributed by atoms with van der Waals surface area (Å²) in [5, 5.41) is 44.8. The third-order valence-electron chi connectivity index (χ3n) is 10.0. The van der Waals surface area contributed by atoms with Crippen LogP contribution in [0.15, 0.2) is 11.6 Å². The van der Waals surface area contributed by atoms with Crippen molar-refractivity contribution in [2.24, 2.45) is 34.5 Å². The molecule has 5 rings (SSSR count). The van der Waals surface area contributed by atoms with Gasteiger partial charge in [-0.05, 0) is 67.3 Å².